The molecule has 0 aromatic carbocycles. The van der Waals surface area contributed by atoms with Gasteiger partial charge in [0.25, 0.3) is 0 Å². The Morgan fingerprint density at radius 1 is 1.55 bits per heavy atom. The highest BCUT2D eigenvalue weighted by Gasteiger charge is 2.14. The molecule has 0 amide bonds. The average Bonchev–Trinajstić information content (AvgIpc) is 2.06. The van der Waals surface area contributed by atoms with E-state index in [1.165, 1.54) is 7.11 Å². The standard InChI is InChI=1S/C8H12O3/c1-10-8(9)11-7-5-3-2-4-6-7/h2-3,7H,4-6H2,1H3/t7-/m0/s1. The molecule has 0 spiro atoms. The summed E-state index contributed by atoms with van der Waals surface area (Å²) in [6.45, 7) is 0. The van der Waals surface area contributed by atoms with Crippen molar-refractivity contribution in [2.24, 2.45) is 0 Å². The first-order chi connectivity index (χ1) is 5.33. The van der Waals surface area contributed by atoms with Gasteiger partial charge in [0.05, 0.1) is 7.11 Å². The average molecular weight is 156 g/mol. The van der Waals surface area contributed by atoms with Crippen LogP contribution in [0.1, 0.15) is 19.3 Å². The van der Waals surface area contributed by atoms with Gasteiger partial charge in [0.1, 0.15) is 6.10 Å². The zero-order chi connectivity index (χ0) is 8.10. The largest absolute Gasteiger partial charge is 0.508 e. The van der Waals surface area contributed by atoms with Crippen molar-refractivity contribution in [1.29, 1.82) is 0 Å². The van der Waals surface area contributed by atoms with E-state index in [0.717, 1.165) is 19.3 Å². The summed E-state index contributed by atoms with van der Waals surface area (Å²) in [5.74, 6) is 0. The van der Waals surface area contributed by atoms with Crippen LogP contribution in [-0.2, 0) is 9.47 Å². The van der Waals surface area contributed by atoms with Crippen LogP contribution >= 0.6 is 0 Å². The van der Waals surface area contributed by atoms with Crippen molar-refractivity contribution in [3.05, 3.63) is 12.2 Å². The molecule has 0 saturated heterocycles. The Kier molecular flexibility index (Phi) is 2.95. The minimum Gasteiger partial charge on any atom is -0.438 e. The van der Waals surface area contributed by atoms with E-state index in [4.69, 9.17) is 4.74 Å². The van der Waals surface area contributed by atoms with Crippen LogP contribution in [0, 0.1) is 0 Å². The van der Waals surface area contributed by atoms with Crippen LogP contribution in [0.15, 0.2) is 12.2 Å². The minimum absolute atomic E-state index is 0.0208. The molecule has 0 aliphatic heterocycles. The molecule has 0 heterocycles. The van der Waals surface area contributed by atoms with Crippen molar-refractivity contribution in [1.82, 2.24) is 0 Å². The molecular weight excluding hydrogens is 144 g/mol. The van der Waals surface area contributed by atoms with Crippen LogP contribution in [0.25, 0.3) is 0 Å². The third kappa shape index (κ3) is 2.62. The van der Waals surface area contributed by atoms with Gasteiger partial charge in [0, 0.05) is 6.42 Å². The molecule has 0 saturated carbocycles. The van der Waals surface area contributed by atoms with Gasteiger partial charge in [-0.2, -0.15) is 0 Å². The highest BCUT2D eigenvalue weighted by Crippen LogP contribution is 2.14. The monoisotopic (exact) mass is 156 g/mol. The van der Waals surface area contributed by atoms with E-state index in [1.807, 2.05) is 6.08 Å². The predicted molar refractivity (Wildman–Crippen MR) is 40.3 cm³/mol. The van der Waals surface area contributed by atoms with Crippen LogP contribution in [-0.4, -0.2) is 19.4 Å². The van der Waals surface area contributed by atoms with Gasteiger partial charge in [0.2, 0.25) is 0 Å². The van der Waals surface area contributed by atoms with Crippen LogP contribution in [0.5, 0.6) is 0 Å². The lowest BCUT2D eigenvalue weighted by Crippen LogP contribution is -2.18. The van der Waals surface area contributed by atoms with Crippen LogP contribution in [0.4, 0.5) is 4.79 Å². The van der Waals surface area contributed by atoms with Crippen molar-refractivity contribution >= 4 is 6.16 Å². The Morgan fingerprint density at radius 3 is 2.91 bits per heavy atom. The van der Waals surface area contributed by atoms with Crippen molar-refractivity contribution in [2.45, 2.75) is 25.4 Å². The second kappa shape index (κ2) is 4.01. The molecule has 0 bridgehead atoms. The van der Waals surface area contributed by atoms with E-state index in [-0.39, 0.29) is 6.10 Å². The fraction of sp³-hybridized carbons (Fsp3) is 0.625. The molecular formula is C8H12O3. The maximum absolute atomic E-state index is 10.6. The number of carbonyl (C=O) groups is 1. The maximum Gasteiger partial charge on any atom is 0.508 e. The minimum atomic E-state index is -0.578. The van der Waals surface area contributed by atoms with Crippen molar-refractivity contribution in [2.75, 3.05) is 7.11 Å². The summed E-state index contributed by atoms with van der Waals surface area (Å²) in [4.78, 5) is 10.6. The molecule has 1 atom stereocenters. The molecule has 1 rings (SSSR count). The van der Waals surface area contributed by atoms with Gasteiger partial charge in [-0.25, -0.2) is 4.79 Å². The smallest absolute Gasteiger partial charge is 0.438 e. The number of allylic oxidation sites excluding steroid dienone is 1. The lowest BCUT2D eigenvalue weighted by Gasteiger charge is -2.16. The zero-order valence-corrected chi connectivity index (χ0v) is 6.58. The molecule has 3 nitrogen and oxygen atoms in total. The predicted octanol–water partition coefficient (Wildman–Crippen LogP) is 1.88. The number of rotatable bonds is 1. The lowest BCUT2D eigenvalue weighted by atomic mass is 10.1. The van der Waals surface area contributed by atoms with Crippen LogP contribution in [0.3, 0.4) is 0 Å². The van der Waals surface area contributed by atoms with E-state index < -0.39 is 6.16 Å². The SMILES string of the molecule is COC(=O)O[C@H]1CC=CCC1. The van der Waals surface area contributed by atoms with E-state index in [9.17, 15) is 4.79 Å². The summed E-state index contributed by atoms with van der Waals surface area (Å²) in [5.41, 5.74) is 0. The molecule has 11 heavy (non-hydrogen) atoms. The normalized spacial score (nSPS) is 22.8. The second-order valence-corrected chi connectivity index (χ2v) is 2.48. The third-order valence-electron chi connectivity index (χ3n) is 1.65. The number of hydrogen-bond donors (Lipinski definition) is 0. The summed E-state index contributed by atoms with van der Waals surface area (Å²) in [7, 11) is 1.32. The Balaban J connectivity index is 2.26. The van der Waals surface area contributed by atoms with Gasteiger partial charge in [-0.05, 0) is 12.8 Å². The van der Waals surface area contributed by atoms with Gasteiger partial charge in [-0.1, -0.05) is 12.2 Å². The highest BCUT2D eigenvalue weighted by molar-refractivity contribution is 5.59. The molecule has 0 fully saturated rings. The molecule has 0 N–H and O–H groups in total. The fourth-order valence-electron chi connectivity index (χ4n) is 1.06. The molecule has 0 radical (unpaired) electrons. The first kappa shape index (κ1) is 8.11. The Morgan fingerprint density at radius 2 is 2.36 bits per heavy atom. The van der Waals surface area contributed by atoms with Gasteiger partial charge in [-0.3, -0.25) is 0 Å². The maximum atomic E-state index is 10.6. The number of hydrogen-bond acceptors (Lipinski definition) is 3. The summed E-state index contributed by atoms with van der Waals surface area (Å²) in [5, 5.41) is 0. The molecule has 0 aromatic heterocycles. The first-order valence-electron chi connectivity index (χ1n) is 3.72. The molecule has 1 aliphatic rings. The summed E-state index contributed by atoms with van der Waals surface area (Å²) in [6, 6.07) is 0. The van der Waals surface area contributed by atoms with Gasteiger partial charge >= 0.3 is 6.16 Å². The summed E-state index contributed by atoms with van der Waals surface area (Å²) < 4.78 is 9.30. The fourth-order valence-corrected chi connectivity index (χ4v) is 1.06. The molecule has 3 heteroatoms. The topological polar surface area (TPSA) is 35.5 Å². The summed E-state index contributed by atoms with van der Waals surface area (Å²) in [6.07, 6.45) is 6.27. The molecule has 0 unspecified atom stereocenters. The summed E-state index contributed by atoms with van der Waals surface area (Å²) >= 11 is 0. The van der Waals surface area contributed by atoms with E-state index in [1.54, 1.807) is 0 Å². The number of ether oxygens (including phenoxy) is 2. The van der Waals surface area contributed by atoms with Crippen LogP contribution in [0.2, 0.25) is 0 Å². The number of methoxy groups -OCH3 is 1. The molecule has 62 valence electrons. The van der Waals surface area contributed by atoms with Crippen molar-refractivity contribution in [3.63, 3.8) is 0 Å². The number of carbonyl (C=O) groups excluding carboxylic acids is 1. The molecule has 0 aromatic rings. The third-order valence-corrected chi connectivity index (χ3v) is 1.65. The molecule has 1 aliphatic carbocycles. The van der Waals surface area contributed by atoms with Crippen LogP contribution < -0.4 is 0 Å². The zero-order valence-electron chi connectivity index (χ0n) is 6.58. The first-order valence-corrected chi connectivity index (χ1v) is 3.72. The Hall–Kier alpha value is -0.990. The van der Waals surface area contributed by atoms with Crippen molar-refractivity contribution in [3.8, 4) is 0 Å². The van der Waals surface area contributed by atoms with Gasteiger partial charge in [0.15, 0.2) is 0 Å². The lowest BCUT2D eigenvalue weighted by molar-refractivity contribution is 0.0339. The second-order valence-electron chi connectivity index (χ2n) is 2.48. The highest BCUT2D eigenvalue weighted by atomic mass is 16.7. The van der Waals surface area contributed by atoms with E-state index in [0.29, 0.717) is 0 Å². The van der Waals surface area contributed by atoms with E-state index >= 15 is 0 Å². The Bertz CT molecular complexity index is 163. The van der Waals surface area contributed by atoms with E-state index in [2.05, 4.69) is 10.8 Å². The quantitative estimate of drug-likeness (QED) is 0.429. The van der Waals surface area contributed by atoms with Gasteiger partial charge < -0.3 is 9.47 Å². The van der Waals surface area contributed by atoms with Crippen molar-refractivity contribution < 1.29 is 14.3 Å². The Labute approximate surface area is 66.0 Å². The van der Waals surface area contributed by atoms with Gasteiger partial charge in [-0.15, -0.1) is 0 Å².